The van der Waals surface area contributed by atoms with Gasteiger partial charge in [-0.05, 0) is 51.4 Å². The number of carbonyl (C=O) groups excluding carboxylic acids is 2. The molecule has 248 valence electrons. The van der Waals surface area contributed by atoms with Crippen molar-refractivity contribution >= 4 is 11.9 Å². The van der Waals surface area contributed by atoms with Crippen LogP contribution in [0.1, 0.15) is 136 Å². The Kier molecular flexibility index (Phi) is 29.6. The summed E-state index contributed by atoms with van der Waals surface area (Å²) in [4.78, 5) is 24.1. The lowest BCUT2D eigenvalue weighted by atomic mass is 10.0. The summed E-state index contributed by atoms with van der Waals surface area (Å²) in [7, 11) is 0. The largest absolute Gasteiger partial charge is 0.462 e. The van der Waals surface area contributed by atoms with Crippen LogP contribution >= 0.6 is 0 Å². The Bertz CT molecular complexity index is 772. The summed E-state index contributed by atoms with van der Waals surface area (Å²) < 4.78 is 10.4. The highest BCUT2D eigenvalue weighted by atomic mass is 16.6. The lowest BCUT2D eigenvalue weighted by Gasteiger charge is -2.17. The standard InChI is InChI=1S/C36H62O7/c1-3-5-7-9-11-13-15-16-17-19-21-23-26-33(38)34(39)27-25-29-35(40)42-31-32(30-37)43-36(41)28-24-22-20-18-14-12-10-8-6-4-2/h5,7,11,13,16-17,21,23,32-34,37-39H,3-4,6,8-10,12,14-15,18-20,22,24-31H2,1-2H3/b7-5-,13-11-,17-16-,23-21-/t32-,33-,34-/m0/s1. The summed E-state index contributed by atoms with van der Waals surface area (Å²) >= 11 is 0. The Balaban J connectivity index is 3.90. The van der Waals surface area contributed by atoms with Crippen molar-refractivity contribution in [3.8, 4) is 0 Å². The lowest BCUT2D eigenvalue weighted by molar-refractivity contribution is -0.161. The number of hydrogen-bond acceptors (Lipinski definition) is 7. The van der Waals surface area contributed by atoms with Crippen LogP contribution < -0.4 is 0 Å². The molecule has 0 unspecified atom stereocenters. The molecule has 0 aromatic rings. The van der Waals surface area contributed by atoms with E-state index in [0.29, 0.717) is 19.3 Å². The Morgan fingerprint density at radius 3 is 1.70 bits per heavy atom. The Hall–Kier alpha value is -2.22. The Morgan fingerprint density at radius 2 is 1.14 bits per heavy atom. The third-order valence-electron chi connectivity index (χ3n) is 7.09. The van der Waals surface area contributed by atoms with Gasteiger partial charge in [0.05, 0.1) is 18.8 Å². The van der Waals surface area contributed by atoms with Gasteiger partial charge in [0.1, 0.15) is 6.61 Å². The molecule has 0 rings (SSSR count). The summed E-state index contributed by atoms with van der Waals surface area (Å²) in [5, 5.41) is 29.8. The van der Waals surface area contributed by atoms with Gasteiger partial charge < -0.3 is 24.8 Å². The molecule has 7 nitrogen and oxygen atoms in total. The minimum atomic E-state index is -0.933. The van der Waals surface area contributed by atoms with Gasteiger partial charge in [0.15, 0.2) is 6.10 Å². The summed E-state index contributed by atoms with van der Waals surface area (Å²) in [6.07, 6.45) is 30.6. The molecule has 0 saturated heterocycles. The molecule has 0 bridgehead atoms. The molecule has 0 fully saturated rings. The summed E-state index contributed by atoms with van der Waals surface area (Å²) in [6.45, 7) is 3.73. The fraction of sp³-hybridized carbons (Fsp3) is 0.722. The molecule has 0 amide bonds. The van der Waals surface area contributed by atoms with Crippen LogP contribution in [0.3, 0.4) is 0 Å². The van der Waals surface area contributed by atoms with Crippen molar-refractivity contribution in [2.75, 3.05) is 13.2 Å². The minimum absolute atomic E-state index is 0.0679. The van der Waals surface area contributed by atoms with E-state index >= 15 is 0 Å². The second kappa shape index (κ2) is 31.2. The predicted octanol–water partition coefficient (Wildman–Crippen LogP) is 7.83. The molecule has 7 heteroatoms. The summed E-state index contributed by atoms with van der Waals surface area (Å²) in [6, 6.07) is 0. The zero-order valence-electron chi connectivity index (χ0n) is 27.2. The van der Waals surface area contributed by atoms with Crippen molar-refractivity contribution in [3.63, 3.8) is 0 Å². The second-order valence-electron chi connectivity index (χ2n) is 11.2. The highest BCUT2D eigenvalue weighted by molar-refractivity contribution is 5.70. The van der Waals surface area contributed by atoms with Crippen LogP contribution in [-0.2, 0) is 19.1 Å². The van der Waals surface area contributed by atoms with Crippen LogP contribution in [0.2, 0.25) is 0 Å². The maximum absolute atomic E-state index is 12.1. The van der Waals surface area contributed by atoms with E-state index < -0.39 is 30.9 Å². The van der Waals surface area contributed by atoms with Crippen LogP contribution in [0.15, 0.2) is 48.6 Å². The number of allylic oxidation sites excluding steroid dienone is 7. The molecule has 0 aliphatic heterocycles. The second-order valence-corrected chi connectivity index (χ2v) is 11.2. The van der Waals surface area contributed by atoms with Gasteiger partial charge in [-0.15, -0.1) is 0 Å². The van der Waals surface area contributed by atoms with E-state index in [2.05, 4.69) is 50.3 Å². The van der Waals surface area contributed by atoms with Crippen LogP contribution in [0, 0.1) is 0 Å². The van der Waals surface area contributed by atoms with Crippen molar-refractivity contribution in [3.05, 3.63) is 48.6 Å². The van der Waals surface area contributed by atoms with E-state index in [1.54, 1.807) is 0 Å². The molecular weight excluding hydrogens is 544 g/mol. The number of aliphatic hydroxyl groups excluding tert-OH is 3. The van der Waals surface area contributed by atoms with Gasteiger partial charge in [-0.1, -0.05) is 120 Å². The number of hydrogen-bond donors (Lipinski definition) is 3. The van der Waals surface area contributed by atoms with Gasteiger partial charge in [0, 0.05) is 12.8 Å². The molecule has 0 aliphatic carbocycles. The van der Waals surface area contributed by atoms with Crippen molar-refractivity contribution in [1.29, 1.82) is 0 Å². The Morgan fingerprint density at radius 1 is 0.628 bits per heavy atom. The van der Waals surface area contributed by atoms with Gasteiger partial charge in [0.25, 0.3) is 0 Å². The first-order valence-corrected chi connectivity index (χ1v) is 16.9. The number of aliphatic hydroxyl groups is 3. The van der Waals surface area contributed by atoms with Gasteiger partial charge in [0.2, 0.25) is 0 Å². The van der Waals surface area contributed by atoms with E-state index in [1.807, 2.05) is 12.2 Å². The van der Waals surface area contributed by atoms with Crippen LogP contribution in [0.25, 0.3) is 0 Å². The number of carbonyl (C=O) groups is 2. The first-order chi connectivity index (χ1) is 20.9. The number of esters is 2. The molecule has 0 heterocycles. The third-order valence-corrected chi connectivity index (χ3v) is 7.09. The number of ether oxygens (including phenoxy) is 2. The molecule has 43 heavy (non-hydrogen) atoms. The minimum Gasteiger partial charge on any atom is -0.462 e. The van der Waals surface area contributed by atoms with E-state index in [-0.39, 0.29) is 25.4 Å². The van der Waals surface area contributed by atoms with Crippen LogP contribution in [0.5, 0.6) is 0 Å². The quantitative estimate of drug-likeness (QED) is 0.0452. The molecule has 0 aliphatic rings. The van der Waals surface area contributed by atoms with Gasteiger partial charge >= 0.3 is 11.9 Å². The Labute approximate surface area is 262 Å². The predicted molar refractivity (Wildman–Crippen MR) is 176 cm³/mol. The normalized spacial score (nSPS) is 14.3. The van der Waals surface area contributed by atoms with E-state index in [1.165, 1.54) is 44.9 Å². The molecule has 3 atom stereocenters. The molecule has 0 radical (unpaired) electrons. The molecule has 0 saturated carbocycles. The first-order valence-electron chi connectivity index (χ1n) is 16.9. The van der Waals surface area contributed by atoms with E-state index in [0.717, 1.165) is 44.9 Å². The highest BCUT2D eigenvalue weighted by Gasteiger charge is 2.18. The summed E-state index contributed by atoms with van der Waals surface area (Å²) in [5.74, 6) is -0.884. The fourth-order valence-corrected chi connectivity index (χ4v) is 4.40. The molecule has 3 N–H and O–H groups in total. The fourth-order valence-electron chi connectivity index (χ4n) is 4.40. The lowest BCUT2D eigenvalue weighted by Crippen LogP contribution is -2.28. The number of rotatable bonds is 29. The van der Waals surface area contributed by atoms with Gasteiger partial charge in [-0.25, -0.2) is 0 Å². The van der Waals surface area contributed by atoms with Gasteiger partial charge in [-0.2, -0.15) is 0 Å². The maximum Gasteiger partial charge on any atom is 0.306 e. The molecule has 0 aromatic heterocycles. The maximum atomic E-state index is 12.1. The van der Waals surface area contributed by atoms with Crippen LogP contribution in [-0.4, -0.2) is 58.8 Å². The molecule has 0 aromatic carbocycles. The topological polar surface area (TPSA) is 113 Å². The SMILES string of the molecule is CC/C=C\C/C=C\C/C=C\C/C=C\C[C@H](O)[C@@H](O)CCCC(=O)OC[C@H](CO)OC(=O)CCCCCCCCCCCC. The van der Waals surface area contributed by atoms with Crippen molar-refractivity contribution in [2.45, 2.75) is 154 Å². The zero-order chi connectivity index (χ0) is 31.8. The molecule has 0 spiro atoms. The van der Waals surface area contributed by atoms with Gasteiger partial charge in [-0.3, -0.25) is 9.59 Å². The zero-order valence-corrected chi connectivity index (χ0v) is 27.2. The average Bonchev–Trinajstić information content (AvgIpc) is 3.00. The van der Waals surface area contributed by atoms with Crippen molar-refractivity contribution < 1.29 is 34.4 Å². The van der Waals surface area contributed by atoms with E-state index in [9.17, 15) is 24.9 Å². The van der Waals surface area contributed by atoms with Crippen molar-refractivity contribution in [2.24, 2.45) is 0 Å². The monoisotopic (exact) mass is 606 g/mol. The number of unbranched alkanes of at least 4 members (excludes halogenated alkanes) is 9. The highest BCUT2D eigenvalue weighted by Crippen LogP contribution is 2.13. The third kappa shape index (κ3) is 28.3. The van der Waals surface area contributed by atoms with Crippen molar-refractivity contribution in [1.82, 2.24) is 0 Å². The summed E-state index contributed by atoms with van der Waals surface area (Å²) in [5.41, 5.74) is 0. The first kappa shape index (κ1) is 40.8. The van der Waals surface area contributed by atoms with E-state index in [4.69, 9.17) is 9.47 Å². The van der Waals surface area contributed by atoms with Crippen LogP contribution in [0.4, 0.5) is 0 Å². The average molecular weight is 607 g/mol. The smallest absolute Gasteiger partial charge is 0.306 e. The molecular formula is C36H62O7.